The van der Waals surface area contributed by atoms with Crippen LogP contribution in [0.3, 0.4) is 0 Å². The fourth-order valence-electron chi connectivity index (χ4n) is 2.58. The first-order chi connectivity index (χ1) is 8.85. The van der Waals surface area contributed by atoms with Crippen LogP contribution < -0.4 is 5.32 Å². The molecule has 2 nitrogen and oxygen atoms in total. The van der Waals surface area contributed by atoms with Crippen LogP contribution in [0.15, 0.2) is 16.8 Å². The molecule has 0 saturated heterocycles. The van der Waals surface area contributed by atoms with Gasteiger partial charge in [-0.25, -0.2) is 0 Å². The van der Waals surface area contributed by atoms with Crippen LogP contribution in [-0.4, -0.2) is 25.8 Å². The van der Waals surface area contributed by atoms with Crippen molar-refractivity contribution in [1.29, 1.82) is 0 Å². The van der Waals surface area contributed by atoms with E-state index in [9.17, 15) is 0 Å². The molecule has 1 aliphatic carbocycles. The Labute approximate surface area is 115 Å². The predicted octanol–water partition coefficient (Wildman–Crippen LogP) is 3.47. The molecule has 1 saturated carbocycles. The molecule has 1 heterocycles. The lowest BCUT2D eigenvalue weighted by atomic mass is 9.99. The Morgan fingerprint density at radius 2 is 2.33 bits per heavy atom. The molecule has 102 valence electrons. The summed E-state index contributed by atoms with van der Waals surface area (Å²) in [6.07, 6.45) is 6.65. The lowest BCUT2D eigenvalue weighted by Crippen LogP contribution is -2.43. The standard InChI is InChI=1S/C15H25NOS/c1-3-9-16-14(15(17-2)13-5-6-13)7-4-12-8-10-18-11-12/h8,10-11,13-16H,3-7,9H2,1-2H3. The minimum Gasteiger partial charge on any atom is -0.380 e. The number of rotatable bonds is 9. The van der Waals surface area contributed by atoms with Crippen molar-refractivity contribution in [3.8, 4) is 0 Å². The molecule has 1 aromatic rings. The average molecular weight is 267 g/mol. The molecule has 0 bridgehead atoms. The third-order valence-electron chi connectivity index (χ3n) is 3.74. The zero-order valence-electron chi connectivity index (χ0n) is 11.5. The molecule has 0 aromatic carbocycles. The minimum atomic E-state index is 0.412. The van der Waals surface area contributed by atoms with Gasteiger partial charge in [0.25, 0.3) is 0 Å². The third kappa shape index (κ3) is 4.08. The van der Waals surface area contributed by atoms with Crippen molar-refractivity contribution >= 4 is 11.3 Å². The highest BCUT2D eigenvalue weighted by molar-refractivity contribution is 7.07. The molecule has 1 fully saturated rings. The zero-order valence-corrected chi connectivity index (χ0v) is 12.3. The Hall–Kier alpha value is -0.380. The highest BCUT2D eigenvalue weighted by atomic mass is 32.1. The SMILES string of the molecule is CCCNC(CCc1ccsc1)C(OC)C1CC1. The smallest absolute Gasteiger partial charge is 0.0752 e. The number of thiophene rings is 1. The Morgan fingerprint density at radius 3 is 2.89 bits per heavy atom. The second-order valence-corrected chi connectivity index (χ2v) is 6.05. The number of hydrogen-bond acceptors (Lipinski definition) is 3. The average Bonchev–Trinajstić information content (AvgIpc) is 3.08. The largest absolute Gasteiger partial charge is 0.380 e. The normalized spacial score (nSPS) is 18.8. The molecule has 2 unspecified atom stereocenters. The molecule has 2 rings (SSSR count). The van der Waals surface area contributed by atoms with Crippen LogP contribution in [0.25, 0.3) is 0 Å². The number of aryl methyl sites for hydroxylation is 1. The van der Waals surface area contributed by atoms with E-state index in [1.165, 1.54) is 31.2 Å². The molecule has 0 radical (unpaired) electrons. The number of hydrogen-bond donors (Lipinski definition) is 1. The molecule has 0 spiro atoms. The van der Waals surface area contributed by atoms with E-state index < -0.39 is 0 Å². The summed E-state index contributed by atoms with van der Waals surface area (Å²) in [4.78, 5) is 0. The molecular formula is C15H25NOS. The maximum atomic E-state index is 5.74. The van der Waals surface area contributed by atoms with Crippen molar-refractivity contribution in [1.82, 2.24) is 5.32 Å². The van der Waals surface area contributed by atoms with Gasteiger partial charge in [-0.1, -0.05) is 6.92 Å². The zero-order chi connectivity index (χ0) is 12.8. The fourth-order valence-corrected chi connectivity index (χ4v) is 3.28. The van der Waals surface area contributed by atoms with E-state index in [2.05, 4.69) is 29.1 Å². The van der Waals surface area contributed by atoms with Crippen LogP contribution in [-0.2, 0) is 11.2 Å². The Morgan fingerprint density at radius 1 is 1.50 bits per heavy atom. The summed E-state index contributed by atoms with van der Waals surface area (Å²) in [7, 11) is 1.87. The molecule has 1 aliphatic rings. The van der Waals surface area contributed by atoms with Crippen LogP contribution in [0.5, 0.6) is 0 Å². The third-order valence-corrected chi connectivity index (χ3v) is 4.47. The Kier molecular flexibility index (Phi) is 5.67. The maximum absolute atomic E-state index is 5.74. The van der Waals surface area contributed by atoms with E-state index >= 15 is 0 Å². The summed E-state index contributed by atoms with van der Waals surface area (Å²) in [6, 6.07) is 2.75. The van der Waals surface area contributed by atoms with Crippen LogP contribution in [0.1, 0.15) is 38.2 Å². The first-order valence-corrected chi connectivity index (χ1v) is 8.06. The summed E-state index contributed by atoms with van der Waals surface area (Å²) in [5.41, 5.74) is 1.47. The van der Waals surface area contributed by atoms with Gasteiger partial charge < -0.3 is 10.1 Å². The van der Waals surface area contributed by atoms with Gasteiger partial charge in [0.1, 0.15) is 0 Å². The van der Waals surface area contributed by atoms with Crippen LogP contribution in [0.4, 0.5) is 0 Å². The van der Waals surface area contributed by atoms with Crippen LogP contribution in [0, 0.1) is 5.92 Å². The van der Waals surface area contributed by atoms with Crippen molar-refractivity contribution in [2.45, 2.75) is 51.2 Å². The maximum Gasteiger partial charge on any atom is 0.0752 e. The first kappa shape index (κ1) is 14.0. The lowest BCUT2D eigenvalue weighted by molar-refractivity contribution is 0.0485. The molecule has 3 heteroatoms. The van der Waals surface area contributed by atoms with Crippen LogP contribution in [0.2, 0.25) is 0 Å². The summed E-state index contributed by atoms with van der Waals surface area (Å²) < 4.78 is 5.74. The van der Waals surface area contributed by atoms with Gasteiger partial charge in [0.15, 0.2) is 0 Å². The highest BCUT2D eigenvalue weighted by Crippen LogP contribution is 2.36. The quantitative estimate of drug-likeness (QED) is 0.739. The summed E-state index contributed by atoms with van der Waals surface area (Å²) in [5, 5.41) is 8.11. The van der Waals surface area contributed by atoms with Gasteiger partial charge in [-0.05, 0) is 67.0 Å². The lowest BCUT2D eigenvalue weighted by Gasteiger charge is -2.27. The van der Waals surface area contributed by atoms with E-state index in [0.29, 0.717) is 12.1 Å². The van der Waals surface area contributed by atoms with Gasteiger partial charge in [-0.2, -0.15) is 11.3 Å². The van der Waals surface area contributed by atoms with Gasteiger partial charge in [0.2, 0.25) is 0 Å². The van der Waals surface area contributed by atoms with Gasteiger partial charge in [0, 0.05) is 13.2 Å². The van der Waals surface area contributed by atoms with Gasteiger partial charge in [0.05, 0.1) is 6.10 Å². The monoisotopic (exact) mass is 267 g/mol. The molecule has 18 heavy (non-hydrogen) atoms. The molecule has 0 amide bonds. The minimum absolute atomic E-state index is 0.412. The van der Waals surface area contributed by atoms with Gasteiger partial charge >= 0.3 is 0 Å². The topological polar surface area (TPSA) is 21.3 Å². The summed E-state index contributed by atoms with van der Waals surface area (Å²) >= 11 is 1.79. The number of ether oxygens (including phenoxy) is 1. The number of nitrogens with one attached hydrogen (secondary N) is 1. The van der Waals surface area contributed by atoms with E-state index in [4.69, 9.17) is 4.74 Å². The predicted molar refractivity (Wildman–Crippen MR) is 78.2 cm³/mol. The van der Waals surface area contributed by atoms with Gasteiger partial charge in [-0.15, -0.1) is 0 Å². The van der Waals surface area contributed by atoms with E-state index in [0.717, 1.165) is 18.9 Å². The fraction of sp³-hybridized carbons (Fsp3) is 0.733. The second kappa shape index (κ2) is 7.27. The Balaban J connectivity index is 1.86. The van der Waals surface area contributed by atoms with Crippen molar-refractivity contribution < 1.29 is 4.74 Å². The van der Waals surface area contributed by atoms with Crippen molar-refractivity contribution in [2.24, 2.45) is 5.92 Å². The van der Waals surface area contributed by atoms with Crippen molar-refractivity contribution in [3.63, 3.8) is 0 Å². The molecule has 0 aliphatic heterocycles. The Bertz CT molecular complexity index is 321. The summed E-state index contributed by atoms with van der Waals surface area (Å²) in [6.45, 7) is 3.32. The van der Waals surface area contributed by atoms with Crippen molar-refractivity contribution in [2.75, 3.05) is 13.7 Å². The second-order valence-electron chi connectivity index (χ2n) is 5.27. The van der Waals surface area contributed by atoms with Crippen LogP contribution >= 0.6 is 11.3 Å². The summed E-state index contributed by atoms with van der Waals surface area (Å²) in [5.74, 6) is 0.798. The van der Waals surface area contributed by atoms with E-state index in [1.54, 1.807) is 11.3 Å². The van der Waals surface area contributed by atoms with E-state index in [-0.39, 0.29) is 0 Å². The highest BCUT2D eigenvalue weighted by Gasteiger charge is 2.36. The molecule has 1 aromatic heterocycles. The van der Waals surface area contributed by atoms with Gasteiger partial charge in [-0.3, -0.25) is 0 Å². The van der Waals surface area contributed by atoms with E-state index in [1.807, 2.05) is 7.11 Å². The molecule has 1 N–H and O–H groups in total. The van der Waals surface area contributed by atoms with Crippen molar-refractivity contribution in [3.05, 3.63) is 22.4 Å². The molecule has 2 atom stereocenters. The first-order valence-electron chi connectivity index (χ1n) is 7.12. The number of methoxy groups -OCH3 is 1. The molecular weight excluding hydrogens is 242 g/mol.